The molecular formula is C21H28FN5O2S. The van der Waals surface area contributed by atoms with E-state index in [0.29, 0.717) is 6.54 Å². The van der Waals surface area contributed by atoms with Crippen LogP contribution in [0.15, 0.2) is 29.4 Å². The molecule has 3 atom stereocenters. The van der Waals surface area contributed by atoms with Crippen molar-refractivity contribution < 1.29 is 14.0 Å². The van der Waals surface area contributed by atoms with Gasteiger partial charge in [-0.2, -0.15) is 5.10 Å². The predicted molar refractivity (Wildman–Crippen MR) is 115 cm³/mol. The Labute approximate surface area is 180 Å². The molecule has 1 aromatic rings. The minimum atomic E-state index is -0.377. The van der Waals surface area contributed by atoms with Gasteiger partial charge in [0.05, 0.1) is 11.7 Å². The summed E-state index contributed by atoms with van der Waals surface area (Å²) in [7, 11) is 0. The van der Waals surface area contributed by atoms with Crippen molar-refractivity contribution in [3.63, 3.8) is 0 Å². The van der Waals surface area contributed by atoms with Gasteiger partial charge in [0.2, 0.25) is 11.8 Å². The lowest BCUT2D eigenvalue weighted by molar-refractivity contribution is -0.156. The highest BCUT2D eigenvalue weighted by Gasteiger charge is 2.50. The predicted octanol–water partition coefficient (Wildman–Crippen LogP) is 2.44. The van der Waals surface area contributed by atoms with Crippen molar-refractivity contribution in [3.05, 3.63) is 35.6 Å². The van der Waals surface area contributed by atoms with Crippen molar-refractivity contribution in [1.82, 2.24) is 20.5 Å². The van der Waals surface area contributed by atoms with E-state index in [1.807, 2.05) is 13.8 Å². The first kappa shape index (κ1) is 21.0. The van der Waals surface area contributed by atoms with Crippen LogP contribution >= 0.6 is 11.8 Å². The second kappa shape index (κ2) is 8.83. The molecule has 30 heavy (non-hydrogen) atoms. The molecule has 1 saturated carbocycles. The van der Waals surface area contributed by atoms with E-state index in [9.17, 15) is 14.0 Å². The maximum absolute atomic E-state index is 13.3. The minimum Gasteiger partial charge on any atom is -0.353 e. The third-order valence-electron chi connectivity index (χ3n) is 5.79. The lowest BCUT2D eigenvalue weighted by Gasteiger charge is -2.50. The summed E-state index contributed by atoms with van der Waals surface area (Å²) in [5.74, 6) is 0.00368. The van der Waals surface area contributed by atoms with Crippen LogP contribution < -0.4 is 10.7 Å². The number of nitrogens with one attached hydrogen (secondary N) is 2. The Morgan fingerprint density at radius 3 is 2.77 bits per heavy atom. The fourth-order valence-corrected chi connectivity index (χ4v) is 5.34. The van der Waals surface area contributed by atoms with E-state index in [0.717, 1.165) is 36.4 Å². The summed E-state index contributed by atoms with van der Waals surface area (Å²) >= 11 is 1.40. The van der Waals surface area contributed by atoms with Crippen LogP contribution in [0.5, 0.6) is 0 Å². The van der Waals surface area contributed by atoms with Gasteiger partial charge in [-0.15, -0.1) is 0 Å². The molecule has 7 nitrogen and oxygen atoms in total. The molecule has 4 rings (SSSR count). The number of carbonyl (C=O) groups is 2. The summed E-state index contributed by atoms with van der Waals surface area (Å²) in [6.45, 7) is 4.25. The highest BCUT2D eigenvalue weighted by Crippen LogP contribution is 2.39. The largest absolute Gasteiger partial charge is 0.353 e. The first-order valence-corrected chi connectivity index (χ1v) is 11.5. The molecule has 2 fully saturated rings. The Morgan fingerprint density at radius 1 is 1.30 bits per heavy atom. The molecule has 3 aliphatic rings. The number of hydrogen-bond acceptors (Lipinski definition) is 6. The van der Waals surface area contributed by atoms with Gasteiger partial charge < -0.3 is 10.2 Å². The zero-order chi connectivity index (χ0) is 21.3. The van der Waals surface area contributed by atoms with Crippen LogP contribution in [0, 0.1) is 11.7 Å². The second-order valence-electron chi connectivity index (χ2n) is 8.37. The van der Waals surface area contributed by atoms with Crippen molar-refractivity contribution in [2.75, 3.05) is 5.75 Å². The third kappa shape index (κ3) is 4.26. The molecule has 0 radical (unpaired) electrons. The molecule has 162 valence electrons. The van der Waals surface area contributed by atoms with Gasteiger partial charge in [0.1, 0.15) is 5.82 Å². The van der Waals surface area contributed by atoms with Crippen LogP contribution in [0.1, 0.15) is 45.1 Å². The van der Waals surface area contributed by atoms with Gasteiger partial charge >= 0.3 is 0 Å². The smallest absolute Gasteiger partial charge is 0.231 e. The average molecular weight is 434 g/mol. The highest BCUT2D eigenvalue weighted by atomic mass is 32.2. The SMILES string of the molecule is CC(C)NC(=O)CSC1=NNC2N(Cc3ccc(F)cc3)C(=O)C3CCCCC3N12. The number of rotatable bonds is 5. The lowest BCUT2D eigenvalue weighted by Crippen LogP contribution is -2.66. The third-order valence-corrected chi connectivity index (χ3v) is 6.76. The molecule has 2 heterocycles. The summed E-state index contributed by atoms with van der Waals surface area (Å²) in [5, 5.41) is 8.14. The topological polar surface area (TPSA) is 77.0 Å². The van der Waals surface area contributed by atoms with E-state index < -0.39 is 0 Å². The van der Waals surface area contributed by atoms with E-state index >= 15 is 0 Å². The van der Waals surface area contributed by atoms with E-state index in [4.69, 9.17) is 0 Å². The molecule has 3 unspecified atom stereocenters. The molecule has 0 bridgehead atoms. The van der Waals surface area contributed by atoms with E-state index in [-0.39, 0.29) is 47.7 Å². The number of nitrogens with zero attached hydrogens (tertiary/aromatic N) is 3. The second-order valence-corrected chi connectivity index (χ2v) is 9.31. The van der Waals surface area contributed by atoms with Crippen LogP contribution in [0.4, 0.5) is 4.39 Å². The summed E-state index contributed by atoms with van der Waals surface area (Å²) < 4.78 is 13.3. The zero-order valence-corrected chi connectivity index (χ0v) is 18.1. The minimum absolute atomic E-state index is 0.0300. The maximum atomic E-state index is 13.3. The molecule has 2 aliphatic heterocycles. The molecule has 1 aromatic carbocycles. The monoisotopic (exact) mass is 433 g/mol. The lowest BCUT2D eigenvalue weighted by atomic mass is 9.81. The maximum Gasteiger partial charge on any atom is 0.231 e. The molecule has 0 aromatic heterocycles. The summed E-state index contributed by atoms with van der Waals surface area (Å²) in [5.41, 5.74) is 3.98. The molecule has 1 saturated heterocycles. The van der Waals surface area contributed by atoms with Crippen LogP contribution in [0.3, 0.4) is 0 Å². The zero-order valence-electron chi connectivity index (χ0n) is 17.3. The fourth-order valence-electron chi connectivity index (χ4n) is 4.50. The molecule has 0 spiro atoms. The van der Waals surface area contributed by atoms with Crippen molar-refractivity contribution in [2.24, 2.45) is 11.0 Å². The van der Waals surface area contributed by atoms with E-state index in [1.54, 1.807) is 17.0 Å². The molecule has 2 amide bonds. The number of amidine groups is 1. The number of hydrogen-bond donors (Lipinski definition) is 2. The van der Waals surface area contributed by atoms with Crippen LogP contribution in [-0.2, 0) is 16.1 Å². The van der Waals surface area contributed by atoms with Crippen molar-refractivity contribution >= 4 is 28.7 Å². The van der Waals surface area contributed by atoms with Gasteiger partial charge in [0.15, 0.2) is 11.5 Å². The normalized spacial score (nSPS) is 25.5. The number of halogens is 1. The molecular weight excluding hydrogens is 405 g/mol. The first-order chi connectivity index (χ1) is 14.4. The standard InChI is InChI=1S/C21H28FN5O2S/c1-13(2)23-18(28)12-30-21-25-24-20-26(11-14-7-9-15(22)10-8-14)19(29)16-5-3-4-6-17(16)27(20)21/h7-10,13,16-17,20,24H,3-6,11-12H2,1-2H3,(H,23,28). The molecule has 9 heteroatoms. The number of hydrazone groups is 1. The van der Waals surface area contributed by atoms with Crippen LogP contribution in [0.25, 0.3) is 0 Å². The van der Waals surface area contributed by atoms with E-state index in [1.165, 1.54) is 23.9 Å². The molecule has 2 N–H and O–H groups in total. The number of amides is 2. The molecule has 1 aliphatic carbocycles. The highest BCUT2D eigenvalue weighted by molar-refractivity contribution is 8.14. The van der Waals surface area contributed by atoms with Gasteiger partial charge in [0.25, 0.3) is 0 Å². The first-order valence-electron chi connectivity index (χ1n) is 10.5. The summed E-state index contributed by atoms with van der Waals surface area (Å²) in [4.78, 5) is 29.4. The van der Waals surface area contributed by atoms with Gasteiger partial charge in [-0.25, -0.2) is 4.39 Å². The van der Waals surface area contributed by atoms with Gasteiger partial charge in [-0.05, 0) is 44.4 Å². The van der Waals surface area contributed by atoms with Crippen LogP contribution in [0.2, 0.25) is 0 Å². The quantitative estimate of drug-likeness (QED) is 0.746. The van der Waals surface area contributed by atoms with Crippen molar-refractivity contribution in [1.29, 1.82) is 0 Å². The van der Waals surface area contributed by atoms with Crippen molar-refractivity contribution in [3.8, 4) is 0 Å². The Hall–Kier alpha value is -2.29. The number of benzene rings is 1. The van der Waals surface area contributed by atoms with Gasteiger partial charge in [-0.1, -0.05) is 36.7 Å². The Bertz CT molecular complexity index is 831. The van der Waals surface area contributed by atoms with Gasteiger partial charge in [-0.3, -0.25) is 19.9 Å². The van der Waals surface area contributed by atoms with Crippen molar-refractivity contribution in [2.45, 2.75) is 64.4 Å². The number of carbonyl (C=O) groups excluding carboxylic acids is 2. The Balaban J connectivity index is 1.52. The number of thioether (sulfide) groups is 1. The summed E-state index contributed by atoms with van der Waals surface area (Å²) in [6, 6.07) is 6.44. The number of fused-ring (bicyclic) bond motifs is 3. The average Bonchev–Trinajstić information content (AvgIpc) is 3.14. The Kier molecular flexibility index (Phi) is 6.17. The van der Waals surface area contributed by atoms with Gasteiger partial charge in [0, 0.05) is 18.6 Å². The van der Waals surface area contributed by atoms with E-state index in [2.05, 4.69) is 20.7 Å². The summed E-state index contributed by atoms with van der Waals surface area (Å²) in [6.07, 6.45) is 3.55. The Morgan fingerprint density at radius 2 is 2.03 bits per heavy atom. The fraction of sp³-hybridized carbons (Fsp3) is 0.571. The van der Waals surface area contributed by atoms with Crippen LogP contribution in [-0.4, -0.2) is 50.9 Å².